The summed E-state index contributed by atoms with van der Waals surface area (Å²) in [7, 11) is 1.82. The molecule has 0 saturated carbocycles. The van der Waals surface area contributed by atoms with E-state index in [-0.39, 0.29) is 18.1 Å². The minimum absolute atomic E-state index is 0.109. The summed E-state index contributed by atoms with van der Waals surface area (Å²) in [6.45, 7) is 13.3. The maximum absolute atomic E-state index is 15.6. The van der Waals surface area contributed by atoms with Gasteiger partial charge in [-0.2, -0.15) is 10.2 Å². The van der Waals surface area contributed by atoms with E-state index in [4.69, 9.17) is 14.6 Å². The van der Waals surface area contributed by atoms with Crippen LogP contribution in [0, 0.1) is 12.7 Å². The summed E-state index contributed by atoms with van der Waals surface area (Å²) in [5.74, 6) is 0.205. The fraction of sp³-hybridized carbons (Fsp3) is 0.520. The molecule has 2 atom stereocenters. The second-order valence-electron chi connectivity index (χ2n) is 9.08. The van der Waals surface area contributed by atoms with Gasteiger partial charge in [0.2, 0.25) is 5.88 Å². The Hall–Kier alpha value is -2.71. The number of rotatable bonds is 8. The Kier molecular flexibility index (Phi) is 6.86. The van der Waals surface area contributed by atoms with Crippen LogP contribution in [0.5, 0.6) is 5.88 Å². The minimum atomic E-state index is -0.344. The molecule has 3 aromatic rings. The van der Waals surface area contributed by atoms with Gasteiger partial charge in [-0.15, -0.1) is 0 Å². The summed E-state index contributed by atoms with van der Waals surface area (Å²) < 4.78 is 31.2. The third-order valence-electron chi connectivity index (χ3n) is 6.01. The quantitative estimate of drug-likeness (QED) is 0.518. The van der Waals surface area contributed by atoms with E-state index in [2.05, 4.69) is 30.8 Å². The maximum atomic E-state index is 15.6. The number of nitrogens with zero attached hydrogens (tertiary/aromatic N) is 4. The SMILES string of the molecule is C=Cc1nn(C2CCCCO2)c2cc(F)c(-c3c(C)nn(C)c3OC(C)CNC(C)C)cc12. The molecule has 1 aliphatic heterocycles. The summed E-state index contributed by atoms with van der Waals surface area (Å²) in [5, 5.41) is 13.4. The van der Waals surface area contributed by atoms with Gasteiger partial charge in [0.15, 0.2) is 6.23 Å². The Balaban J connectivity index is 1.77. The van der Waals surface area contributed by atoms with E-state index >= 15 is 4.39 Å². The van der Waals surface area contributed by atoms with E-state index in [1.54, 1.807) is 21.5 Å². The van der Waals surface area contributed by atoms with Gasteiger partial charge in [0.25, 0.3) is 0 Å². The van der Waals surface area contributed by atoms with Crippen molar-refractivity contribution in [1.82, 2.24) is 24.9 Å². The number of hydrogen-bond acceptors (Lipinski definition) is 5. The molecule has 0 radical (unpaired) electrons. The highest BCUT2D eigenvalue weighted by molar-refractivity contribution is 5.92. The lowest BCUT2D eigenvalue weighted by Crippen LogP contribution is -2.33. The van der Waals surface area contributed by atoms with Crippen molar-refractivity contribution in [2.24, 2.45) is 7.05 Å². The molecule has 1 aliphatic rings. The molecule has 0 bridgehead atoms. The van der Waals surface area contributed by atoms with Crippen LogP contribution >= 0.6 is 0 Å². The largest absolute Gasteiger partial charge is 0.473 e. The molecule has 4 rings (SSSR count). The standard InChI is InChI=1S/C25H34FN5O2/c1-7-21-19-12-18(20(26)13-22(19)31(29-21)23-10-8-9-11-32-23)24-17(5)28-30(6)25(24)33-16(4)14-27-15(2)3/h7,12-13,15-16,23,27H,1,8-11,14H2,2-6H3. The van der Waals surface area contributed by atoms with Gasteiger partial charge in [-0.05, 0) is 45.3 Å². The molecule has 2 unspecified atom stereocenters. The zero-order chi connectivity index (χ0) is 23.7. The molecule has 0 amide bonds. The first kappa shape index (κ1) is 23.4. The minimum Gasteiger partial charge on any atom is -0.473 e. The molecule has 0 spiro atoms. The highest BCUT2D eigenvalue weighted by Gasteiger charge is 2.25. The summed E-state index contributed by atoms with van der Waals surface area (Å²) in [4.78, 5) is 0. The van der Waals surface area contributed by atoms with Crippen LogP contribution in [0.4, 0.5) is 4.39 Å². The summed E-state index contributed by atoms with van der Waals surface area (Å²) >= 11 is 0. The topological polar surface area (TPSA) is 66.1 Å². The van der Waals surface area contributed by atoms with Crippen molar-refractivity contribution < 1.29 is 13.9 Å². The van der Waals surface area contributed by atoms with Gasteiger partial charge in [-0.1, -0.05) is 20.4 Å². The van der Waals surface area contributed by atoms with Crippen LogP contribution in [0.3, 0.4) is 0 Å². The fourth-order valence-corrected chi connectivity index (χ4v) is 4.38. The van der Waals surface area contributed by atoms with E-state index in [1.165, 1.54) is 0 Å². The van der Waals surface area contributed by atoms with Crippen LogP contribution in [0.15, 0.2) is 18.7 Å². The van der Waals surface area contributed by atoms with Crippen LogP contribution in [0.25, 0.3) is 28.1 Å². The Morgan fingerprint density at radius 1 is 1.30 bits per heavy atom. The molecule has 8 heteroatoms. The molecule has 3 heterocycles. The monoisotopic (exact) mass is 455 g/mol. The van der Waals surface area contributed by atoms with Gasteiger partial charge in [0.1, 0.15) is 11.9 Å². The van der Waals surface area contributed by atoms with Crippen molar-refractivity contribution in [3.05, 3.63) is 35.9 Å². The first-order valence-corrected chi connectivity index (χ1v) is 11.7. The molecule has 1 fully saturated rings. The lowest BCUT2D eigenvalue weighted by atomic mass is 10.0. The third-order valence-corrected chi connectivity index (χ3v) is 6.01. The molecule has 178 valence electrons. The highest BCUT2D eigenvalue weighted by atomic mass is 19.1. The highest BCUT2D eigenvalue weighted by Crippen LogP contribution is 2.39. The summed E-state index contributed by atoms with van der Waals surface area (Å²) in [6, 6.07) is 3.73. The lowest BCUT2D eigenvalue weighted by Gasteiger charge is -2.23. The number of halogens is 1. The summed E-state index contributed by atoms with van der Waals surface area (Å²) in [6.07, 6.45) is 4.37. The maximum Gasteiger partial charge on any atom is 0.220 e. The average Bonchev–Trinajstić information content (AvgIpc) is 3.28. The molecular formula is C25H34FN5O2. The lowest BCUT2D eigenvalue weighted by molar-refractivity contribution is -0.0367. The smallest absolute Gasteiger partial charge is 0.220 e. The van der Waals surface area contributed by atoms with Gasteiger partial charge >= 0.3 is 0 Å². The second kappa shape index (κ2) is 9.65. The predicted octanol–water partition coefficient (Wildman–Crippen LogP) is 4.99. The number of aryl methyl sites for hydroxylation is 2. The fourth-order valence-electron chi connectivity index (χ4n) is 4.38. The van der Waals surface area contributed by atoms with Crippen molar-refractivity contribution in [3.8, 4) is 17.0 Å². The number of fused-ring (bicyclic) bond motifs is 1. The second-order valence-corrected chi connectivity index (χ2v) is 9.08. The van der Waals surface area contributed by atoms with Crippen LogP contribution < -0.4 is 10.1 Å². The Morgan fingerprint density at radius 3 is 2.76 bits per heavy atom. The Labute approximate surface area is 194 Å². The first-order valence-electron chi connectivity index (χ1n) is 11.7. The van der Waals surface area contributed by atoms with E-state index < -0.39 is 0 Å². The van der Waals surface area contributed by atoms with E-state index in [0.717, 1.165) is 24.6 Å². The van der Waals surface area contributed by atoms with Crippen LogP contribution in [-0.2, 0) is 11.8 Å². The van der Waals surface area contributed by atoms with Crippen molar-refractivity contribution in [2.75, 3.05) is 13.2 Å². The van der Waals surface area contributed by atoms with Gasteiger partial charge in [-0.3, -0.25) is 0 Å². The molecular weight excluding hydrogens is 421 g/mol. The number of aromatic nitrogens is 4. The van der Waals surface area contributed by atoms with E-state index in [9.17, 15) is 0 Å². The number of nitrogens with one attached hydrogen (secondary N) is 1. The molecule has 1 N–H and O–H groups in total. The van der Waals surface area contributed by atoms with Crippen LogP contribution in [0.2, 0.25) is 0 Å². The van der Waals surface area contributed by atoms with Gasteiger partial charge in [-0.25, -0.2) is 13.8 Å². The van der Waals surface area contributed by atoms with Crippen LogP contribution in [-0.4, -0.2) is 44.9 Å². The Bertz CT molecular complexity index is 1140. The zero-order valence-electron chi connectivity index (χ0n) is 20.2. The third kappa shape index (κ3) is 4.68. The normalized spacial score (nSPS) is 17.6. The number of hydrogen-bond donors (Lipinski definition) is 1. The summed E-state index contributed by atoms with van der Waals surface area (Å²) in [5.41, 5.74) is 3.22. The number of benzene rings is 1. The van der Waals surface area contributed by atoms with Crippen molar-refractivity contribution >= 4 is 17.0 Å². The van der Waals surface area contributed by atoms with Crippen LogP contribution in [0.1, 0.15) is 57.6 Å². The van der Waals surface area contributed by atoms with Gasteiger partial charge in [0, 0.05) is 43.3 Å². The first-order chi connectivity index (χ1) is 15.8. The average molecular weight is 456 g/mol. The molecule has 7 nitrogen and oxygen atoms in total. The van der Waals surface area contributed by atoms with Gasteiger partial charge < -0.3 is 14.8 Å². The van der Waals surface area contributed by atoms with Gasteiger partial charge in [0.05, 0.1) is 22.5 Å². The molecule has 1 saturated heterocycles. The predicted molar refractivity (Wildman–Crippen MR) is 129 cm³/mol. The van der Waals surface area contributed by atoms with Crippen molar-refractivity contribution in [2.45, 2.75) is 65.3 Å². The zero-order valence-corrected chi connectivity index (χ0v) is 20.2. The molecule has 2 aromatic heterocycles. The number of ether oxygens (including phenoxy) is 2. The molecule has 0 aliphatic carbocycles. The van der Waals surface area contributed by atoms with E-state index in [1.807, 2.05) is 27.0 Å². The van der Waals surface area contributed by atoms with Crippen molar-refractivity contribution in [3.63, 3.8) is 0 Å². The van der Waals surface area contributed by atoms with Crippen molar-refractivity contribution in [1.29, 1.82) is 0 Å². The van der Waals surface area contributed by atoms with E-state index in [0.29, 0.717) is 53.1 Å². The molecule has 33 heavy (non-hydrogen) atoms. The Morgan fingerprint density at radius 2 is 2.09 bits per heavy atom. The molecule has 1 aromatic carbocycles.